The summed E-state index contributed by atoms with van der Waals surface area (Å²) in [6, 6.07) is 20.2. The number of anilines is 2. The van der Waals surface area contributed by atoms with Gasteiger partial charge in [-0.05, 0) is 49.9 Å². The van der Waals surface area contributed by atoms with Crippen molar-refractivity contribution in [3.8, 4) is 0 Å². The topological polar surface area (TPSA) is 64.5 Å². The number of para-hydroxylation sites is 2. The first-order chi connectivity index (χ1) is 13.2. The van der Waals surface area contributed by atoms with Crippen molar-refractivity contribution >= 4 is 23.1 Å². The van der Waals surface area contributed by atoms with Crippen molar-refractivity contribution < 1.29 is 10.2 Å². The Hall–Kier alpha value is -1.69. The lowest BCUT2D eigenvalue weighted by molar-refractivity contribution is 0.182. The Morgan fingerprint density at radius 2 is 1.07 bits per heavy atom. The van der Waals surface area contributed by atoms with Crippen LogP contribution in [0.5, 0.6) is 0 Å². The lowest BCUT2D eigenvalue weighted by Crippen LogP contribution is -2.17. The van der Waals surface area contributed by atoms with Crippen LogP contribution in [0.1, 0.15) is 25.7 Å². The zero-order chi connectivity index (χ0) is 19.2. The highest BCUT2D eigenvalue weighted by Crippen LogP contribution is 2.13. The molecule has 5 heteroatoms. The average molecular weight is 389 g/mol. The molecule has 0 bridgehead atoms. The zero-order valence-corrected chi connectivity index (χ0v) is 16.7. The van der Waals surface area contributed by atoms with Crippen molar-refractivity contribution in [1.82, 2.24) is 0 Å². The molecule has 2 aromatic carbocycles. The minimum Gasteiger partial charge on any atom is -0.392 e. The fraction of sp³-hybridized carbons (Fsp3) is 0.455. The third-order valence-electron chi connectivity index (χ3n) is 4.25. The van der Waals surface area contributed by atoms with E-state index in [9.17, 15) is 10.2 Å². The Morgan fingerprint density at radius 1 is 0.667 bits per heavy atom. The van der Waals surface area contributed by atoms with E-state index in [1.165, 1.54) is 0 Å². The van der Waals surface area contributed by atoms with Gasteiger partial charge in [-0.2, -0.15) is 11.8 Å². The largest absolute Gasteiger partial charge is 0.392 e. The number of nitrogens with one attached hydrogen (secondary N) is 2. The normalized spacial score (nSPS) is 13.1. The monoisotopic (exact) mass is 388 g/mol. The third-order valence-corrected chi connectivity index (χ3v) is 5.50. The molecule has 4 N–H and O–H groups in total. The molecular formula is C22H32N2O2S. The van der Waals surface area contributed by atoms with E-state index in [0.29, 0.717) is 11.5 Å². The minimum atomic E-state index is -0.306. The van der Waals surface area contributed by atoms with Gasteiger partial charge in [0.15, 0.2) is 0 Å². The fourth-order valence-electron chi connectivity index (χ4n) is 2.76. The van der Waals surface area contributed by atoms with Crippen LogP contribution >= 0.6 is 11.8 Å². The Labute approximate surface area is 167 Å². The second-order valence-corrected chi connectivity index (χ2v) is 7.79. The number of hydrogen-bond acceptors (Lipinski definition) is 5. The molecule has 0 saturated carbocycles. The minimum absolute atomic E-state index is 0.306. The Morgan fingerprint density at radius 3 is 1.48 bits per heavy atom. The maximum atomic E-state index is 10.1. The number of thioether (sulfide) groups is 1. The molecular weight excluding hydrogens is 356 g/mol. The van der Waals surface area contributed by atoms with E-state index in [1.54, 1.807) is 11.8 Å². The van der Waals surface area contributed by atoms with E-state index < -0.39 is 0 Å². The van der Waals surface area contributed by atoms with Gasteiger partial charge in [0.1, 0.15) is 0 Å². The van der Waals surface area contributed by atoms with Gasteiger partial charge in [0.05, 0.1) is 12.2 Å². The molecule has 2 aromatic rings. The zero-order valence-electron chi connectivity index (χ0n) is 15.9. The number of hydrogen-bond donors (Lipinski definition) is 4. The Balaban J connectivity index is 1.42. The van der Waals surface area contributed by atoms with Crippen molar-refractivity contribution in [2.45, 2.75) is 37.9 Å². The molecule has 0 aliphatic heterocycles. The molecule has 0 aromatic heterocycles. The molecule has 0 saturated heterocycles. The number of benzene rings is 2. The van der Waals surface area contributed by atoms with Crippen LogP contribution in [0.4, 0.5) is 11.4 Å². The molecule has 27 heavy (non-hydrogen) atoms. The fourth-order valence-corrected chi connectivity index (χ4v) is 3.77. The molecule has 2 atom stereocenters. The van der Waals surface area contributed by atoms with Crippen LogP contribution in [0.15, 0.2) is 60.7 Å². The summed E-state index contributed by atoms with van der Waals surface area (Å²) in [5, 5.41) is 26.8. The van der Waals surface area contributed by atoms with Gasteiger partial charge in [-0.15, -0.1) is 0 Å². The van der Waals surface area contributed by atoms with Crippen LogP contribution in [0.25, 0.3) is 0 Å². The molecule has 2 rings (SSSR count). The van der Waals surface area contributed by atoms with Crippen LogP contribution in [-0.4, -0.2) is 47.0 Å². The first kappa shape index (κ1) is 21.6. The summed E-state index contributed by atoms with van der Waals surface area (Å²) in [5.41, 5.74) is 2.23. The van der Waals surface area contributed by atoms with Gasteiger partial charge in [0.2, 0.25) is 0 Å². The van der Waals surface area contributed by atoms with Gasteiger partial charge in [-0.25, -0.2) is 0 Å². The molecule has 0 heterocycles. The van der Waals surface area contributed by atoms with E-state index in [2.05, 4.69) is 10.6 Å². The summed E-state index contributed by atoms with van der Waals surface area (Å²) in [6.07, 6.45) is 2.82. The van der Waals surface area contributed by atoms with Gasteiger partial charge in [-0.1, -0.05) is 36.4 Å². The van der Waals surface area contributed by atoms with Crippen LogP contribution < -0.4 is 10.6 Å². The van der Waals surface area contributed by atoms with Crippen molar-refractivity contribution in [2.75, 3.05) is 35.2 Å². The second kappa shape index (κ2) is 13.5. The molecule has 148 valence electrons. The lowest BCUT2D eigenvalue weighted by Gasteiger charge is -2.14. The summed E-state index contributed by atoms with van der Waals surface area (Å²) in [5.74, 6) is 1.37. The highest BCUT2D eigenvalue weighted by Gasteiger charge is 2.08. The maximum absolute atomic E-state index is 10.1. The van der Waals surface area contributed by atoms with E-state index in [0.717, 1.165) is 50.1 Å². The molecule has 0 radical (unpaired) electrons. The van der Waals surface area contributed by atoms with E-state index in [1.807, 2.05) is 60.7 Å². The first-order valence-electron chi connectivity index (χ1n) is 9.76. The van der Waals surface area contributed by atoms with Crippen LogP contribution in [-0.2, 0) is 0 Å². The van der Waals surface area contributed by atoms with Gasteiger partial charge in [0.25, 0.3) is 0 Å². The average Bonchev–Trinajstić information content (AvgIpc) is 2.70. The maximum Gasteiger partial charge on any atom is 0.0631 e. The first-order valence-corrected chi connectivity index (χ1v) is 10.9. The molecule has 0 aliphatic carbocycles. The quantitative estimate of drug-likeness (QED) is 0.365. The van der Waals surface area contributed by atoms with E-state index in [4.69, 9.17) is 0 Å². The molecule has 0 spiro atoms. The van der Waals surface area contributed by atoms with Crippen molar-refractivity contribution in [3.63, 3.8) is 0 Å². The van der Waals surface area contributed by atoms with Crippen molar-refractivity contribution in [3.05, 3.63) is 60.7 Å². The predicted molar refractivity (Wildman–Crippen MR) is 118 cm³/mol. The number of aliphatic hydroxyl groups is 2. The molecule has 0 fully saturated rings. The van der Waals surface area contributed by atoms with E-state index >= 15 is 0 Å². The van der Waals surface area contributed by atoms with Crippen LogP contribution in [0.3, 0.4) is 0 Å². The SMILES string of the molecule is OC(CCCNc1ccccc1)CSCC(O)CCCNc1ccccc1. The molecule has 4 nitrogen and oxygen atoms in total. The van der Waals surface area contributed by atoms with E-state index in [-0.39, 0.29) is 12.2 Å². The van der Waals surface area contributed by atoms with Gasteiger partial charge >= 0.3 is 0 Å². The second-order valence-electron chi connectivity index (χ2n) is 6.72. The third kappa shape index (κ3) is 10.3. The summed E-state index contributed by atoms with van der Waals surface area (Å²) >= 11 is 1.64. The van der Waals surface area contributed by atoms with Crippen molar-refractivity contribution in [1.29, 1.82) is 0 Å². The molecule has 0 aliphatic rings. The number of rotatable bonds is 14. The van der Waals surface area contributed by atoms with Crippen molar-refractivity contribution in [2.24, 2.45) is 0 Å². The molecule has 0 amide bonds. The Bertz CT molecular complexity index is 544. The van der Waals surface area contributed by atoms with Gasteiger partial charge < -0.3 is 20.8 Å². The Kier molecular flexibility index (Phi) is 10.8. The van der Waals surface area contributed by atoms with Gasteiger partial charge in [0, 0.05) is 36.0 Å². The highest BCUT2D eigenvalue weighted by atomic mass is 32.2. The van der Waals surface area contributed by atoms with Crippen LogP contribution in [0, 0.1) is 0 Å². The summed E-state index contributed by atoms with van der Waals surface area (Å²) in [4.78, 5) is 0. The standard InChI is InChI=1S/C22H32N2O2S/c25-21(13-7-15-23-19-9-3-1-4-10-19)17-27-18-22(26)14-8-16-24-20-11-5-2-6-12-20/h1-6,9-12,21-26H,7-8,13-18H2. The number of aliphatic hydroxyl groups excluding tert-OH is 2. The van der Waals surface area contributed by atoms with Crippen LogP contribution in [0.2, 0.25) is 0 Å². The summed E-state index contributed by atoms with van der Waals surface area (Å²) in [7, 11) is 0. The predicted octanol–water partition coefficient (Wildman–Crippen LogP) is 4.23. The smallest absolute Gasteiger partial charge is 0.0631 e. The van der Waals surface area contributed by atoms with Gasteiger partial charge in [-0.3, -0.25) is 0 Å². The summed E-state index contributed by atoms with van der Waals surface area (Å²) < 4.78 is 0. The lowest BCUT2D eigenvalue weighted by atomic mass is 10.2. The summed E-state index contributed by atoms with van der Waals surface area (Å²) in [6.45, 7) is 1.73. The highest BCUT2D eigenvalue weighted by molar-refractivity contribution is 7.99. The molecule has 2 unspecified atom stereocenters.